The summed E-state index contributed by atoms with van der Waals surface area (Å²) in [4.78, 5) is 8.89. The minimum atomic E-state index is -3.13. The van der Waals surface area contributed by atoms with Crippen LogP contribution in [0.5, 0.6) is 0 Å². The van der Waals surface area contributed by atoms with E-state index >= 15 is 0 Å². The van der Waals surface area contributed by atoms with Gasteiger partial charge >= 0.3 is 0 Å². The highest BCUT2D eigenvalue weighted by molar-refractivity contribution is 7.89. The maximum absolute atomic E-state index is 12.0. The van der Waals surface area contributed by atoms with Crippen molar-refractivity contribution in [3.63, 3.8) is 0 Å². The average Bonchev–Trinajstić information content (AvgIpc) is 3.37. The van der Waals surface area contributed by atoms with Crippen molar-refractivity contribution >= 4 is 32.7 Å². The summed E-state index contributed by atoms with van der Waals surface area (Å²) in [6.45, 7) is 3.41. The van der Waals surface area contributed by atoms with Crippen LogP contribution in [0, 0.1) is 5.92 Å². The van der Waals surface area contributed by atoms with Gasteiger partial charge in [0, 0.05) is 39.1 Å². The Morgan fingerprint density at radius 2 is 2.11 bits per heavy atom. The van der Waals surface area contributed by atoms with Crippen molar-refractivity contribution < 1.29 is 8.42 Å². The minimum absolute atomic E-state index is 0.140. The summed E-state index contributed by atoms with van der Waals surface area (Å²) in [7, 11) is -1.29. The van der Waals surface area contributed by atoms with Crippen LogP contribution < -0.4 is 5.32 Å². The molecule has 10 nitrogen and oxygen atoms in total. The molecule has 0 spiro atoms. The Bertz CT molecular complexity index is 1060. The smallest absolute Gasteiger partial charge is 0.229 e. The van der Waals surface area contributed by atoms with E-state index in [0.717, 1.165) is 23.1 Å². The standard InChI is InChI=1S/C16H22N8O2S/c1-3-27(25,26)23-5-4-12(9-23)10-24-15-13(7-19-24)6-17-16(21-15)20-14-8-18-22(2)11-14/h6-8,11-12H,3-5,9-10H2,1-2H3,(H,17,20,21). The Morgan fingerprint density at radius 1 is 1.26 bits per heavy atom. The Hall–Kier alpha value is -2.53. The van der Waals surface area contributed by atoms with Crippen molar-refractivity contribution in [2.45, 2.75) is 19.9 Å². The van der Waals surface area contributed by atoms with Gasteiger partial charge in [-0.1, -0.05) is 0 Å². The molecule has 144 valence electrons. The van der Waals surface area contributed by atoms with Crippen LogP contribution in [0.3, 0.4) is 0 Å². The first kappa shape index (κ1) is 17.9. The summed E-state index contributed by atoms with van der Waals surface area (Å²) in [5.41, 5.74) is 1.53. The van der Waals surface area contributed by atoms with Gasteiger partial charge < -0.3 is 5.32 Å². The lowest BCUT2D eigenvalue weighted by Gasteiger charge is -2.15. The normalized spacial score (nSPS) is 18.4. The first-order valence-corrected chi connectivity index (χ1v) is 10.5. The van der Waals surface area contributed by atoms with Crippen molar-refractivity contribution in [2.75, 3.05) is 24.2 Å². The number of aromatic nitrogens is 6. The second-order valence-corrected chi connectivity index (χ2v) is 9.00. The number of aryl methyl sites for hydroxylation is 1. The predicted molar refractivity (Wildman–Crippen MR) is 101 cm³/mol. The molecular formula is C16H22N8O2S. The van der Waals surface area contributed by atoms with Crippen LogP contribution in [0.15, 0.2) is 24.8 Å². The van der Waals surface area contributed by atoms with Crippen molar-refractivity contribution in [3.8, 4) is 0 Å². The van der Waals surface area contributed by atoms with E-state index in [-0.39, 0.29) is 11.7 Å². The number of hydrogen-bond donors (Lipinski definition) is 1. The van der Waals surface area contributed by atoms with Crippen molar-refractivity contribution in [2.24, 2.45) is 13.0 Å². The number of rotatable bonds is 6. The van der Waals surface area contributed by atoms with Crippen LogP contribution in [0.25, 0.3) is 11.0 Å². The topological polar surface area (TPSA) is 111 Å². The van der Waals surface area contributed by atoms with Crippen LogP contribution in [-0.4, -0.2) is 61.1 Å². The molecule has 1 saturated heterocycles. The van der Waals surface area contributed by atoms with E-state index in [1.807, 2.05) is 17.9 Å². The van der Waals surface area contributed by atoms with Gasteiger partial charge in [-0.15, -0.1) is 0 Å². The number of nitrogens with one attached hydrogen (secondary N) is 1. The lowest BCUT2D eigenvalue weighted by molar-refractivity contribution is 0.418. The zero-order valence-electron chi connectivity index (χ0n) is 15.3. The number of nitrogens with zero attached hydrogens (tertiary/aromatic N) is 7. The van der Waals surface area contributed by atoms with E-state index in [2.05, 4.69) is 25.5 Å². The van der Waals surface area contributed by atoms with Gasteiger partial charge in [0.1, 0.15) is 0 Å². The Morgan fingerprint density at radius 3 is 2.85 bits per heavy atom. The van der Waals surface area contributed by atoms with Gasteiger partial charge in [-0.05, 0) is 19.3 Å². The molecule has 1 aliphatic heterocycles. The SMILES string of the molecule is CCS(=O)(=O)N1CCC(Cn2ncc3cnc(Nc4cnn(C)c4)nc32)C1. The van der Waals surface area contributed by atoms with Crippen LogP contribution in [0.4, 0.5) is 11.6 Å². The highest BCUT2D eigenvalue weighted by Crippen LogP contribution is 2.23. The van der Waals surface area contributed by atoms with Crippen molar-refractivity contribution in [1.29, 1.82) is 0 Å². The third-order valence-corrected chi connectivity index (χ3v) is 6.62. The summed E-state index contributed by atoms with van der Waals surface area (Å²) in [6, 6.07) is 0. The highest BCUT2D eigenvalue weighted by Gasteiger charge is 2.30. The third kappa shape index (κ3) is 3.65. The number of sulfonamides is 1. The van der Waals surface area contributed by atoms with Gasteiger partial charge in [-0.3, -0.25) is 4.68 Å². The molecule has 1 unspecified atom stereocenters. The average molecular weight is 390 g/mol. The van der Waals surface area contributed by atoms with E-state index in [9.17, 15) is 8.42 Å². The molecule has 1 atom stereocenters. The molecule has 0 aromatic carbocycles. The molecule has 1 fully saturated rings. The fourth-order valence-corrected chi connectivity index (χ4v) is 4.49. The summed E-state index contributed by atoms with van der Waals surface area (Å²) < 4.78 is 29.2. The summed E-state index contributed by atoms with van der Waals surface area (Å²) in [6.07, 6.45) is 7.83. The second kappa shape index (κ2) is 6.89. The third-order valence-electron chi connectivity index (χ3n) is 4.78. The van der Waals surface area contributed by atoms with Crippen LogP contribution in [0.2, 0.25) is 0 Å². The zero-order chi connectivity index (χ0) is 19.0. The summed E-state index contributed by atoms with van der Waals surface area (Å²) in [5.74, 6) is 0.832. The molecule has 0 bridgehead atoms. The molecule has 4 heterocycles. The lowest BCUT2D eigenvalue weighted by Crippen LogP contribution is -2.30. The molecule has 1 N–H and O–H groups in total. The second-order valence-electron chi connectivity index (χ2n) is 6.74. The van der Waals surface area contributed by atoms with E-state index in [4.69, 9.17) is 0 Å². The molecule has 0 amide bonds. The van der Waals surface area contributed by atoms with Gasteiger partial charge in [0.2, 0.25) is 16.0 Å². The van der Waals surface area contributed by atoms with Crippen molar-refractivity contribution in [1.82, 2.24) is 33.8 Å². The molecule has 27 heavy (non-hydrogen) atoms. The summed E-state index contributed by atoms with van der Waals surface area (Å²) >= 11 is 0. The molecule has 0 aliphatic carbocycles. The number of fused-ring (bicyclic) bond motifs is 1. The Labute approximate surface area is 157 Å². The minimum Gasteiger partial charge on any atom is -0.321 e. The van der Waals surface area contributed by atoms with Crippen molar-refractivity contribution in [3.05, 3.63) is 24.8 Å². The van der Waals surface area contributed by atoms with Gasteiger partial charge in [-0.25, -0.2) is 22.4 Å². The first-order chi connectivity index (χ1) is 12.9. The van der Waals surface area contributed by atoms with Crippen LogP contribution in [-0.2, 0) is 23.6 Å². The number of anilines is 2. The molecule has 11 heteroatoms. The molecule has 4 rings (SSSR count). The predicted octanol–water partition coefficient (Wildman–Crippen LogP) is 0.975. The first-order valence-electron chi connectivity index (χ1n) is 8.86. The van der Waals surface area contributed by atoms with E-state index in [0.29, 0.717) is 25.6 Å². The van der Waals surface area contributed by atoms with E-state index in [1.54, 1.807) is 34.5 Å². The van der Waals surface area contributed by atoms with Gasteiger partial charge in [0.15, 0.2) is 5.65 Å². The Kier molecular flexibility index (Phi) is 4.56. The molecular weight excluding hydrogens is 368 g/mol. The molecule has 0 radical (unpaired) electrons. The fraction of sp³-hybridized carbons (Fsp3) is 0.500. The molecule has 1 aliphatic rings. The van der Waals surface area contributed by atoms with Crippen LogP contribution in [0.1, 0.15) is 13.3 Å². The zero-order valence-corrected chi connectivity index (χ0v) is 16.1. The van der Waals surface area contributed by atoms with Gasteiger partial charge in [0.25, 0.3) is 0 Å². The molecule has 0 saturated carbocycles. The highest BCUT2D eigenvalue weighted by atomic mass is 32.2. The molecule has 3 aromatic rings. The van der Waals surface area contributed by atoms with E-state index < -0.39 is 10.0 Å². The quantitative estimate of drug-likeness (QED) is 0.668. The Balaban J connectivity index is 1.51. The molecule has 3 aromatic heterocycles. The summed E-state index contributed by atoms with van der Waals surface area (Å²) in [5, 5.41) is 12.5. The van der Waals surface area contributed by atoms with Gasteiger partial charge in [-0.2, -0.15) is 15.2 Å². The fourth-order valence-electron chi connectivity index (χ4n) is 3.30. The maximum atomic E-state index is 12.0. The largest absolute Gasteiger partial charge is 0.321 e. The van der Waals surface area contributed by atoms with Crippen LogP contribution >= 0.6 is 0 Å². The monoisotopic (exact) mass is 390 g/mol. The lowest BCUT2D eigenvalue weighted by atomic mass is 10.1. The van der Waals surface area contributed by atoms with Gasteiger partial charge in [0.05, 0.1) is 29.2 Å². The number of hydrogen-bond acceptors (Lipinski definition) is 7. The van der Waals surface area contributed by atoms with E-state index in [1.165, 1.54) is 0 Å². The maximum Gasteiger partial charge on any atom is 0.229 e.